The van der Waals surface area contributed by atoms with Crippen LogP contribution in [0.15, 0.2) is 24.3 Å². The number of carbonyl (C=O) groups is 1. The van der Waals surface area contributed by atoms with Gasteiger partial charge in [-0.1, -0.05) is 29.0 Å². The van der Waals surface area contributed by atoms with Crippen LogP contribution in [0.3, 0.4) is 0 Å². The van der Waals surface area contributed by atoms with Gasteiger partial charge in [0, 0.05) is 38.4 Å². The van der Waals surface area contributed by atoms with Crippen LogP contribution in [0.1, 0.15) is 23.1 Å². The third-order valence-electron chi connectivity index (χ3n) is 5.08. The van der Waals surface area contributed by atoms with Gasteiger partial charge in [-0.2, -0.15) is 5.10 Å². The number of carbonyl (C=O) groups excluding carboxylic acids is 1. The molecule has 1 aliphatic heterocycles. The molecule has 0 saturated carbocycles. The number of morpholine rings is 1. The van der Waals surface area contributed by atoms with E-state index in [-0.39, 0.29) is 5.91 Å². The molecular weight excluding hydrogens is 410 g/mol. The number of ether oxygens (including phenoxy) is 1. The number of amides is 1. The van der Waals surface area contributed by atoms with E-state index < -0.39 is 0 Å². The standard InChI is InChI=1S/C20H24ClN5O2S/c1-3-26-14(2)13-16(23-26)19(27)25(8-7-24-9-11-28-12-10-24)20-22-18-15(21)5-4-6-17(18)29-20/h4-6,13H,3,7-12H2,1-2H3. The quantitative estimate of drug-likeness (QED) is 0.595. The monoisotopic (exact) mass is 433 g/mol. The minimum atomic E-state index is -0.135. The number of fused-ring (bicyclic) bond motifs is 1. The molecular formula is C20H24ClN5O2S. The highest BCUT2D eigenvalue weighted by Gasteiger charge is 2.25. The largest absolute Gasteiger partial charge is 0.379 e. The van der Waals surface area contributed by atoms with Crippen molar-refractivity contribution >= 4 is 44.2 Å². The van der Waals surface area contributed by atoms with E-state index >= 15 is 0 Å². The van der Waals surface area contributed by atoms with E-state index in [2.05, 4.69) is 15.0 Å². The number of anilines is 1. The summed E-state index contributed by atoms with van der Waals surface area (Å²) in [6.45, 7) is 9.19. The minimum absolute atomic E-state index is 0.135. The number of rotatable bonds is 6. The molecule has 154 valence electrons. The lowest BCUT2D eigenvalue weighted by atomic mass is 10.3. The summed E-state index contributed by atoms with van der Waals surface area (Å²) < 4.78 is 8.23. The first-order valence-electron chi connectivity index (χ1n) is 9.78. The first kappa shape index (κ1) is 20.3. The molecule has 0 aliphatic carbocycles. The molecule has 3 heterocycles. The van der Waals surface area contributed by atoms with Crippen LogP contribution in [0.25, 0.3) is 10.2 Å². The van der Waals surface area contributed by atoms with Crippen LogP contribution in [0, 0.1) is 6.92 Å². The fraction of sp³-hybridized carbons (Fsp3) is 0.450. The second-order valence-corrected chi connectivity index (χ2v) is 8.40. The Labute approximate surface area is 178 Å². The molecule has 1 saturated heterocycles. The number of nitrogens with zero attached hydrogens (tertiary/aromatic N) is 5. The van der Waals surface area contributed by atoms with Crippen LogP contribution in [-0.4, -0.2) is 65.0 Å². The molecule has 0 bridgehead atoms. The van der Waals surface area contributed by atoms with Crippen molar-refractivity contribution in [2.45, 2.75) is 20.4 Å². The summed E-state index contributed by atoms with van der Waals surface area (Å²) in [4.78, 5) is 22.1. The molecule has 0 unspecified atom stereocenters. The molecule has 0 N–H and O–H groups in total. The minimum Gasteiger partial charge on any atom is -0.379 e. The molecule has 0 radical (unpaired) electrons. The Kier molecular flexibility index (Phi) is 6.15. The second kappa shape index (κ2) is 8.79. The Balaban J connectivity index is 1.65. The summed E-state index contributed by atoms with van der Waals surface area (Å²) in [5.74, 6) is -0.135. The molecule has 1 aromatic carbocycles. The van der Waals surface area contributed by atoms with Crippen LogP contribution in [-0.2, 0) is 11.3 Å². The molecule has 2 aromatic heterocycles. The van der Waals surface area contributed by atoms with Gasteiger partial charge in [0.25, 0.3) is 5.91 Å². The van der Waals surface area contributed by atoms with E-state index in [1.165, 1.54) is 11.3 Å². The second-order valence-electron chi connectivity index (χ2n) is 6.98. The molecule has 3 aromatic rings. The van der Waals surface area contributed by atoms with Gasteiger partial charge in [0.2, 0.25) is 0 Å². The van der Waals surface area contributed by atoms with Gasteiger partial charge in [0.15, 0.2) is 10.8 Å². The number of thiazole rings is 1. The van der Waals surface area contributed by atoms with Gasteiger partial charge in [-0.3, -0.25) is 19.3 Å². The number of aryl methyl sites for hydroxylation is 2. The Morgan fingerprint density at radius 1 is 1.34 bits per heavy atom. The van der Waals surface area contributed by atoms with E-state index in [4.69, 9.17) is 16.3 Å². The number of aromatic nitrogens is 3. The van der Waals surface area contributed by atoms with Crippen molar-refractivity contribution in [1.82, 2.24) is 19.7 Å². The highest BCUT2D eigenvalue weighted by molar-refractivity contribution is 7.22. The molecule has 0 spiro atoms. The first-order chi connectivity index (χ1) is 14.1. The highest BCUT2D eigenvalue weighted by atomic mass is 35.5. The van der Waals surface area contributed by atoms with Gasteiger partial charge >= 0.3 is 0 Å². The molecule has 1 fully saturated rings. The van der Waals surface area contributed by atoms with Gasteiger partial charge in [-0.25, -0.2) is 4.98 Å². The van der Waals surface area contributed by atoms with Crippen LogP contribution in [0.4, 0.5) is 5.13 Å². The number of hydrogen-bond donors (Lipinski definition) is 0. The Morgan fingerprint density at radius 2 is 2.14 bits per heavy atom. The molecule has 0 atom stereocenters. The maximum Gasteiger partial charge on any atom is 0.280 e. The lowest BCUT2D eigenvalue weighted by Crippen LogP contribution is -2.43. The van der Waals surface area contributed by atoms with E-state index in [9.17, 15) is 4.79 Å². The number of benzene rings is 1. The molecule has 4 rings (SSSR count). The molecule has 1 amide bonds. The fourth-order valence-corrected chi connectivity index (χ4v) is 4.73. The maximum atomic E-state index is 13.4. The van der Waals surface area contributed by atoms with E-state index in [0.717, 1.165) is 55.3 Å². The molecule has 9 heteroatoms. The summed E-state index contributed by atoms with van der Waals surface area (Å²) in [7, 11) is 0. The van der Waals surface area contributed by atoms with Crippen molar-refractivity contribution < 1.29 is 9.53 Å². The summed E-state index contributed by atoms with van der Waals surface area (Å²) in [5.41, 5.74) is 2.14. The van der Waals surface area contributed by atoms with Crippen LogP contribution in [0.5, 0.6) is 0 Å². The number of halogens is 1. The van der Waals surface area contributed by atoms with Crippen LogP contribution >= 0.6 is 22.9 Å². The van der Waals surface area contributed by atoms with Gasteiger partial charge in [0.05, 0.1) is 22.9 Å². The molecule has 1 aliphatic rings. The van der Waals surface area contributed by atoms with Gasteiger partial charge in [-0.15, -0.1) is 0 Å². The summed E-state index contributed by atoms with van der Waals surface area (Å²) in [5, 5.41) is 5.73. The maximum absolute atomic E-state index is 13.4. The fourth-order valence-electron chi connectivity index (χ4n) is 3.44. The third-order valence-corrected chi connectivity index (χ3v) is 6.43. The Hall–Kier alpha value is -2.00. The van der Waals surface area contributed by atoms with Crippen molar-refractivity contribution in [2.24, 2.45) is 0 Å². The van der Waals surface area contributed by atoms with Gasteiger partial charge in [-0.05, 0) is 32.0 Å². The zero-order valence-corrected chi connectivity index (χ0v) is 18.2. The van der Waals surface area contributed by atoms with Crippen molar-refractivity contribution in [2.75, 3.05) is 44.3 Å². The topological polar surface area (TPSA) is 63.5 Å². The normalized spacial score (nSPS) is 15.1. The average molecular weight is 434 g/mol. The smallest absolute Gasteiger partial charge is 0.280 e. The Morgan fingerprint density at radius 3 is 2.83 bits per heavy atom. The van der Waals surface area contributed by atoms with Crippen LogP contribution in [0.2, 0.25) is 5.02 Å². The number of hydrogen-bond acceptors (Lipinski definition) is 6. The van der Waals surface area contributed by atoms with Crippen molar-refractivity contribution in [3.63, 3.8) is 0 Å². The van der Waals surface area contributed by atoms with Crippen molar-refractivity contribution in [1.29, 1.82) is 0 Å². The zero-order chi connectivity index (χ0) is 20.4. The summed E-state index contributed by atoms with van der Waals surface area (Å²) in [6.07, 6.45) is 0. The van der Waals surface area contributed by atoms with E-state index in [0.29, 0.717) is 22.4 Å². The van der Waals surface area contributed by atoms with E-state index in [1.54, 1.807) is 4.90 Å². The lowest BCUT2D eigenvalue weighted by Gasteiger charge is -2.29. The zero-order valence-electron chi connectivity index (χ0n) is 16.6. The van der Waals surface area contributed by atoms with E-state index in [1.807, 2.05) is 42.8 Å². The third kappa shape index (κ3) is 4.30. The number of para-hydroxylation sites is 1. The average Bonchev–Trinajstić information content (AvgIpc) is 3.33. The van der Waals surface area contributed by atoms with Crippen molar-refractivity contribution in [3.8, 4) is 0 Å². The lowest BCUT2D eigenvalue weighted by molar-refractivity contribution is 0.0391. The Bertz CT molecular complexity index is 1010. The highest BCUT2D eigenvalue weighted by Crippen LogP contribution is 2.33. The summed E-state index contributed by atoms with van der Waals surface area (Å²) in [6, 6.07) is 7.54. The SMILES string of the molecule is CCn1nc(C(=O)N(CCN2CCOCC2)c2nc3c(Cl)cccc3s2)cc1C. The van der Waals surface area contributed by atoms with Crippen LogP contribution < -0.4 is 4.90 Å². The molecule has 7 nitrogen and oxygen atoms in total. The predicted molar refractivity (Wildman–Crippen MR) is 116 cm³/mol. The van der Waals surface area contributed by atoms with Gasteiger partial charge < -0.3 is 4.74 Å². The summed E-state index contributed by atoms with van der Waals surface area (Å²) >= 11 is 7.79. The van der Waals surface area contributed by atoms with Gasteiger partial charge in [0.1, 0.15) is 5.52 Å². The predicted octanol–water partition coefficient (Wildman–Crippen LogP) is 3.45. The van der Waals surface area contributed by atoms with Crippen molar-refractivity contribution in [3.05, 3.63) is 40.7 Å². The first-order valence-corrected chi connectivity index (χ1v) is 11.0. The molecule has 29 heavy (non-hydrogen) atoms.